The quantitative estimate of drug-likeness (QED) is 0.794. The van der Waals surface area contributed by atoms with Crippen LogP contribution < -0.4 is 0 Å². The minimum absolute atomic E-state index is 0.535. The molecule has 2 heterocycles. The largest absolute Gasteiger partial charge is 0.387 e. The van der Waals surface area contributed by atoms with Gasteiger partial charge in [-0.05, 0) is 37.6 Å². The Kier molecular flexibility index (Phi) is 3.24. The van der Waals surface area contributed by atoms with Gasteiger partial charge in [0.05, 0.1) is 23.9 Å². The Morgan fingerprint density at radius 1 is 1.25 bits per heavy atom. The maximum Gasteiger partial charge on any atom is 0.0950 e. The lowest BCUT2D eigenvalue weighted by Gasteiger charge is -2.08. The molecule has 1 aromatic carbocycles. The molecule has 0 aliphatic heterocycles. The van der Waals surface area contributed by atoms with Gasteiger partial charge >= 0.3 is 0 Å². The third-order valence-electron chi connectivity index (χ3n) is 3.35. The fourth-order valence-corrected chi connectivity index (χ4v) is 2.39. The lowest BCUT2D eigenvalue weighted by atomic mass is 10.1. The van der Waals surface area contributed by atoms with E-state index in [1.54, 1.807) is 6.92 Å². The number of para-hydroxylation sites is 1. The van der Waals surface area contributed by atoms with Gasteiger partial charge in [-0.1, -0.05) is 18.2 Å². The van der Waals surface area contributed by atoms with Crippen LogP contribution in [-0.2, 0) is 6.54 Å². The highest BCUT2D eigenvalue weighted by Gasteiger charge is 2.08. The molecular formula is C16H17N3O. The fourth-order valence-electron chi connectivity index (χ4n) is 2.39. The van der Waals surface area contributed by atoms with E-state index in [0.717, 1.165) is 16.6 Å². The Balaban J connectivity index is 2.01. The minimum atomic E-state index is -0.535. The third kappa shape index (κ3) is 2.42. The van der Waals surface area contributed by atoms with Crippen molar-refractivity contribution in [3.8, 4) is 0 Å². The van der Waals surface area contributed by atoms with Gasteiger partial charge in [-0.15, -0.1) is 0 Å². The van der Waals surface area contributed by atoms with Crippen molar-refractivity contribution in [2.75, 3.05) is 0 Å². The monoisotopic (exact) mass is 267 g/mol. The van der Waals surface area contributed by atoms with E-state index in [1.165, 1.54) is 5.56 Å². The van der Waals surface area contributed by atoms with Gasteiger partial charge in [0.2, 0.25) is 0 Å². The van der Waals surface area contributed by atoms with Crippen LogP contribution in [0.25, 0.3) is 10.9 Å². The standard InChI is InChI=1S/C16H17N3O/c1-11-9-13(14-5-3-4-6-16(14)17-11)10-19-8-7-15(18-19)12(2)20/h3-9,12,20H,10H2,1-2H3. The first-order valence-corrected chi connectivity index (χ1v) is 6.70. The number of hydrogen-bond acceptors (Lipinski definition) is 3. The second kappa shape index (κ2) is 5.06. The summed E-state index contributed by atoms with van der Waals surface area (Å²) >= 11 is 0. The Morgan fingerprint density at radius 2 is 2.05 bits per heavy atom. The summed E-state index contributed by atoms with van der Waals surface area (Å²) in [4.78, 5) is 4.54. The summed E-state index contributed by atoms with van der Waals surface area (Å²) in [6.07, 6.45) is 1.36. The number of aliphatic hydroxyl groups excluding tert-OH is 1. The van der Waals surface area contributed by atoms with Gasteiger partial charge < -0.3 is 5.11 Å². The molecule has 1 atom stereocenters. The average Bonchev–Trinajstić information content (AvgIpc) is 2.87. The van der Waals surface area contributed by atoms with Crippen molar-refractivity contribution in [2.24, 2.45) is 0 Å². The molecule has 0 bridgehead atoms. The van der Waals surface area contributed by atoms with E-state index >= 15 is 0 Å². The van der Waals surface area contributed by atoms with Crippen LogP contribution in [0.1, 0.15) is 30.0 Å². The van der Waals surface area contributed by atoms with Crippen molar-refractivity contribution >= 4 is 10.9 Å². The topological polar surface area (TPSA) is 50.9 Å². The van der Waals surface area contributed by atoms with Gasteiger partial charge in [0.1, 0.15) is 0 Å². The van der Waals surface area contributed by atoms with Gasteiger partial charge in [-0.2, -0.15) is 5.10 Å². The molecule has 0 aliphatic rings. The van der Waals surface area contributed by atoms with Crippen LogP contribution in [0.3, 0.4) is 0 Å². The van der Waals surface area contributed by atoms with E-state index in [1.807, 2.05) is 42.1 Å². The number of hydrogen-bond donors (Lipinski definition) is 1. The number of aromatic nitrogens is 3. The third-order valence-corrected chi connectivity index (χ3v) is 3.35. The highest BCUT2D eigenvalue weighted by atomic mass is 16.3. The number of fused-ring (bicyclic) bond motifs is 1. The first kappa shape index (κ1) is 12.8. The zero-order chi connectivity index (χ0) is 14.1. The zero-order valence-electron chi connectivity index (χ0n) is 11.6. The molecule has 2 aromatic heterocycles. The van der Waals surface area contributed by atoms with Crippen LogP contribution in [0.2, 0.25) is 0 Å². The van der Waals surface area contributed by atoms with Crippen molar-refractivity contribution in [3.05, 3.63) is 59.5 Å². The Morgan fingerprint density at radius 3 is 2.80 bits per heavy atom. The van der Waals surface area contributed by atoms with Crippen LogP contribution in [0.4, 0.5) is 0 Å². The summed E-state index contributed by atoms with van der Waals surface area (Å²) < 4.78 is 1.85. The molecule has 4 heteroatoms. The molecule has 0 radical (unpaired) electrons. The maximum absolute atomic E-state index is 9.53. The predicted octanol–water partition coefficient (Wildman–Crippen LogP) is 2.84. The molecular weight excluding hydrogens is 250 g/mol. The average molecular weight is 267 g/mol. The first-order chi connectivity index (χ1) is 9.63. The number of benzene rings is 1. The summed E-state index contributed by atoms with van der Waals surface area (Å²) in [5.74, 6) is 0. The first-order valence-electron chi connectivity index (χ1n) is 6.70. The molecule has 3 aromatic rings. The van der Waals surface area contributed by atoms with Gasteiger partial charge in [0, 0.05) is 17.3 Å². The van der Waals surface area contributed by atoms with Crippen LogP contribution in [0, 0.1) is 6.92 Å². The molecule has 1 N–H and O–H groups in total. The zero-order valence-corrected chi connectivity index (χ0v) is 11.6. The highest BCUT2D eigenvalue weighted by Crippen LogP contribution is 2.19. The molecule has 3 rings (SSSR count). The lowest BCUT2D eigenvalue weighted by molar-refractivity contribution is 0.193. The Labute approximate surface area is 117 Å². The van der Waals surface area contributed by atoms with Crippen LogP contribution in [0.5, 0.6) is 0 Å². The second-order valence-corrected chi connectivity index (χ2v) is 5.05. The van der Waals surface area contributed by atoms with Crippen LogP contribution >= 0.6 is 0 Å². The molecule has 0 aliphatic carbocycles. The van der Waals surface area contributed by atoms with E-state index in [2.05, 4.69) is 22.2 Å². The van der Waals surface area contributed by atoms with E-state index in [9.17, 15) is 5.11 Å². The second-order valence-electron chi connectivity index (χ2n) is 5.05. The van der Waals surface area contributed by atoms with E-state index in [4.69, 9.17) is 0 Å². The maximum atomic E-state index is 9.53. The van der Waals surface area contributed by atoms with E-state index in [-0.39, 0.29) is 0 Å². The summed E-state index contributed by atoms with van der Waals surface area (Å²) in [5.41, 5.74) is 3.89. The van der Waals surface area contributed by atoms with Crippen molar-refractivity contribution in [2.45, 2.75) is 26.5 Å². The predicted molar refractivity (Wildman–Crippen MR) is 78.4 cm³/mol. The van der Waals surface area contributed by atoms with Crippen LogP contribution in [0.15, 0.2) is 42.6 Å². The van der Waals surface area contributed by atoms with Crippen LogP contribution in [-0.4, -0.2) is 19.9 Å². The van der Waals surface area contributed by atoms with Crippen molar-refractivity contribution < 1.29 is 5.11 Å². The SMILES string of the molecule is Cc1cc(Cn2ccc(C(C)O)n2)c2ccccc2n1. The Bertz CT molecular complexity index is 746. The van der Waals surface area contributed by atoms with Crippen molar-refractivity contribution in [1.29, 1.82) is 0 Å². The van der Waals surface area contributed by atoms with Gasteiger partial charge in [-0.3, -0.25) is 9.67 Å². The molecule has 0 saturated heterocycles. The van der Waals surface area contributed by atoms with Crippen molar-refractivity contribution in [1.82, 2.24) is 14.8 Å². The molecule has 0 fully saturated rings. The minimum Gasteiger partial charge on any atom is -0.387 e. The van der Waals surface area contributed by atoms with E-state index < -0.39 is 6.10 Å². The number of nitrogens with zero attached hydrogens (tertiary/aromatic N) is 3. The Hall–Kier alpha value is -2.20. The van der Waals surface area contributed by atoms with Gasteiger partial charge in [0.25, 0.3) is 0 Å². The number of aliphatic hydroxyl groups is 1. The fraction of sp³-hybridized carbons (Fsp3) is 0.250. The van der Waals surface area contributed by atoms with Gasteiger partial charge in [-0.25, -0.2) is 0 Å². The van der Waals surface area contributed by atoms with E-state index in [0.29, 0.717) is 12.2 Å². The summed E-state index contributed by atoms with van der Waals surface area (Å²) in [7, 11) is 0. The molecule has 0 saturated carbocycles. The molecule has 20 heavy (non-hydrogen) atoms. The molecule has 0 amide bonds. The lowest BCUT2D eigenvalue weighted by Crippen LogP contribution is -2.04. The highest BCUT2D eigenvalue weighted by molar-refractivity contribution is 5.82. The smallest absolute Gasteiger partial charge is 0.0950 e. The summed E-state index contributed by atoms with van der Waals surface area (Å²) in [6.45, 7) is 4.40. The number of rotatable bonds is 3. The summed E-state index contributed by atoms with van der Waals surface area (Å²) in [5, 5.41) is 15.1. The molecule has 0 spiro atoms. The molecule has 4 nitrogen and oxygen atoms in total. The van der Waals surface area contributed by atoms with Gasteiger partial charge in [0.15, 0.2) is 0 Å². The number of aryl methyl sites for hydroxylation is 1. The molecule has 1 unspecified atom stereocenters. The normalized spacial score (nSPS) is 12.8. The summed E-state index contributed by atoms with van der Waals surface area (Å²) in [6, 6.07) is 12.1. The van der Waals surface area contributed by atoms with Crippen molar-refractivity contribution in [3.63, 3.8) is 0 Å². The number of pyridine rings is 1. The molecule has 102 valence electrons.